The van der Waals surface area contributed by atoms with Gasteiger partial charge in [0.05, 0.1) is 10.7 Å². The van der Waals surface area contributed by atoms with Gasteiger partial charge in [0, 0.05) is 12.1 Å². The molecule has 1 saturated carbocycles. The molecule has 0 saturated heterocycles. The number of hydrogen-bond donors (Lipinski definition) is 2. The lowest BCUT2D eigenvalue weighted by molar-refractivity contribution is -0.117. The van der Waals surface area contributed by atoms with Crippen molar-refractivity contribution >= 4 is 29.3 Å². The van der Waals surface area contributed by atoms with Crippen molar-refractivity contribution in [2.45, 2.75) is 44.6 Å². The molecular weight excluding hydrogens is 272 g/mol. The predicted molar refractivity (Wildman–Crippen MR) is 84.5 cm³/mol. The summed E-state index contributed by atoms with van der Waals surface area (Å²) < 4.78 is 0. The minimum Gasteiger partial charge on any atom is -0.398 e. The van der Waals surface area contributed by atoms with Crippen LogP contribution in [0.15, 0.2) is 24.3 Å². The Morgan fingerprint density at radius 2 is 1.95 bits per heavy atom. The van der Waals surface area contributed by atoms with E-state index in [1.54, 1.807) is 24.3 Å². The maximum Gasteiger partial charge on any atom is 0.244 e. The summed E-state index contributed by atoms with van der Waals surface area (Å²) in [5.74, 6) is -0.0366. The highest BCUT2D eigenvalue weighted by atomic mass is 35.5. The molecule has 108 valence electrons. The monoisotopic (exact) mass is 292 g/mol. The highest BCUT2D eigenvalue weighted by Gasteiger charge is 2.13. The largest absolute Gasteiger partial charge is 0.398 e. The molecule has 0 unspecified atom stereocenters. The van der Waals surface area contributed by atoms with Crippen LogP contribution in [0.5, 0.6) is 0 Å². The fraction of sp³-hybridized carbons (Fsp3) is 0.438. The second kappa shape index (κ2) is 7.34. The zero-order chi connectivity index (χ0) is 14.4. The molecule has 0 aromatic heterocycles. The van der Waals surface area contributed by atoms with Crippen molar-refractivity contribution in [2.75, 3.05) is 5.73 Å². The van der Waals surface area contributed by atoms with Crippen molar-refractivity contribution in [3.63, 3.8) is 0 Å². The maximum atomic E-state index is 11.9. The summed E-state index contributed by atoms with van der Waals surface area (Å²) in [6.45, 7) is 0. The third-order valence-electron chi connectivity index (χ3n) is 3.65. The number of nitrogens with two attached hydrogens (primary N) is 1. The third kappa shape index (κ3) is 4.57. The number of rotatable bonds is 3. The van der Waals surface area contributed by atoms with Crippen LogP contribution in [-0.4, -0.2) is 11.9 Å². The van der Waals surface area contributed by atoms with Crippen LogP contribution in [0.4, 0.5) is 5.69 Å². The molecule has 1 aliphatic carbocycles. The molecular formula is C16H21ClN2O. The van der Waals surface area contributed by atoms with Gasteiger partial charge < -0.3 is 11.1 Å². The second-order valence-corrected chi connectivity index (χ2v) is 5.72. The number of carbonyl (C=O) groups is 1. The summed E-state index contributed by atoms with van der Waals surface area (Å²) in [5, 5.41) is 3.60. The number of nitrogen functional groups attached to an aromatic ring is 1. The number of hydrogen-bond acceptors (Lipinski definition) is 2. The fourth-order valence-corrected chi connectivity index (χ4v) is 2.63. The molecule has 0 atom stereocenters. The van der Waals surface area contributed by atoms with Crippen molar-refractivity contribution in [2.24, 2.45) is 0 Å². The lowest BCUT2D eigenvalue weighted by Gasteiger charge is -2.14. The van der Waals surface area contributed by atoms with Gasteiger partial charge in [0.1, 0.15) is 0 Å². The van der Waals surface area contributed by atoms with Crippen molar-refractivity contribution in [3.8, 4) is 0 Å². The quantitative estimate of drug-likeness (QED) is 0.506. The average molecular weight is 293 g/mol. The number of nitrogens with one attached hydrogen (secondary N) is 1. The van der Waals surface area contributed by atoms with Gasteiger partial charge in [-0.15, -0.1) is 0 Å². The summed E-state index contributed by atoms with van der Waals surface area (Å²) >= 11 is 5.86. The summed E-state index contributed by atoms with van der Waals surface area (Å²) in [6, 6.07) is 5.66. The van der Waals surface area contributed by atoms with E-state index in [1.165, 1.54) is 25.7 Å². The van der Waals surface area contributed by atoms with E-state index < -0.39 is 0 Å². The minimum atomic E-state index is -0.0366. The van der Waals surface area contributed by atoms with E-state index >= 15 is 0 Å². The summed E-state index contributed by atoms with van der Waals surface area (Å²) in [6.07, 6.45) is 10.5. The minimum absolute atomic E-state index is 0.0366. The van der Waals surface area contributed by atoms with Crippen LogP contribution in [0.25, 0.3) is 6.08 Å². The predicted octanol–water partition coefficient (Wildman–Crippen LogP) is 3.77. The van der Waals surface area contributed by atoms with Gasteiger partial charge in [-0.1, -0.05) is 43.4 Å². The first-order chi connectivity index (χ1) is 9.65. The number of carbonyl (C=O) groups excluding carboxylic acids is 1. The van der Waals surface area contributed by atoms with Crippen molar-refractivity contribution < 1.29 is 4.79 Å². The molecule has 0 spiro atoms. The fourth-order valence-electron chi connectivity index (χ4n) is 2.51. The Balaban J connectivity index is 1.89. The Kier molecular flexibility index (Phi) is 5.48. The molecule has 2 rings (SSSR count). The molecule has 1 aromatic carbocycles. The van der Waals surface area contributed by atoms with Crippen LogP contribution < -0.4 is 11.1 Å². The molecule has 0 aliphatic heterocycles. The highest BCUT2D eigenvalue weighted by molar-refractivity contribution is 6.33. The zero-order valence-corrected chi connectivity index (χ0v) is 12.3. The van der Waals surface area contributed by atoms with Gasteiger partial charge in [0.2, 0.25) is 5.91 Å². The Labute approximate surface area is 125 Å². The second-order valence-electron chi connectivity index (χ2n) is 5.31. The van der Waals surface area contributed by atoms with Crippen LogP contribution in [0.2, 0.25) is 5.02 Å². The van der Waals surface area contributed by atoms with E-state index in [-0.39, 0.29) is 5.91 Å². The van der Waals surface area contributed by atoms with E-state index in [0.29, 0.717) is 16.8 Å². The van der Waals surface area contributed by atoms with Crippen LogP contribution in [0, 0.1) is 0 Å². The summed E-state index contributed by atoms with van der Waals surface area (Å²) in [4.78, 5) is 11.9. The van der Waals surface area contributed by atoms with Crippen molar-refractivity contribution in [1.29, 1.82) is 0 Å². The van der Waals surface area contributed by atoms with Gasteiger partial charge in [0.25, 0.3) is 0 Å². The van der Waals surface area contributed by atoms with E-state index in [9.17, 15) is 4.79 Å². The molecule has 0 radical (unpaired) electrons. The third-order valence-corrected chi connectivity index (χ3v) is 3.99. The van der Waals surface area contributed by atoms with Crippen molar-refractivity contribution in [1.82, 2.24) is 5.32 Å². The topological polar surface area (TPSA) is 55.1 Å². The molecule has 1 aliphatic rings. The summed E-state index contributed by atoms with van der Waals surface area (Å²) in [5.41, 5.74) is 7.13. The van der Waals surface area contributed by atoms with Crippen LogP contribution in [-0.2, 0) is 4.79 Å². The molecule has 3 nitrogen and oxygen atoms in total. The Bertz CT molecular complexity index is 491. The van der Waals surface area contributed by atoms with Crippen LogP contribution >= 0.6 is 11.6 Å². The SMILES string of the molecule is Nc1cc(/C=C/C(=O)NC2CCCCCC2)ccc1Cl. The number of halogens is 1. The molecule has 1 amide bonds. The van der Waals surface area contributed by atoms with Gasteiger partial charge >= 0.3 is 0 Å². The van der Waals surface area contributed by atoms with Gasteiger partial charge in [-0.05, 0) is 36.6 Å². The molecule has 1 aromatic rings. The van der Waals surface area contributed by atoms with Gasteiger partial charge in [-0.25, -0.2) is 0 Å². The normalized spacial score (nSPS) is 17.1. The smallest absolute Gasteiger partial charge is 0.244 e. The number of anilines is 1. The van der Waals surface area contributed by atoms with E-state index in [2.05, 4.69) is 5.32 Å². The van der Waals surface area contributed by atoms with Crippen LogP contribution in [0.3, 0.4) is 0 Å². The molecule has 0 heterocycles. The first-order valence-corrected chi connectivity index (χ1v) is 7.56. The molecule has 4 heteroatoms. The Hall–Kier alpha value is -1.48. The maximum absolute atomic E-state index is 11.9. The Morgan fingerprint density at radius 3 is 2.60 bits per heavy atom. The van der Waals surface area contributed by atoms with E-state index in [1.807, 2.05) is 6.07 Å². The van der Waals surface area contributed by atoms with Crippen molar-refractivity contribution in [3.05, 3.63) is 34.9 Å². The molecule has 1 fully saturated rings. The lowest BCUT2D eigenvalue weighted by atomic mass is 10.1. The molecule has 20 heavy (non-hydrogen) atoms. The Morgan fingerprint density at radius 1 is 1.25 bits per heavy atom. The first-order valence-electron chi connectivity index (χ1n) is 7.19. The number of benzene rings is 1. The van der Waals surface area contributed by atoms with Crippen LogP contribution in [0.1, 0.15) is 44.1 Å². The highest BCUT2D eigenvalue weighted by Crippen LogP contribution is 2.20. The van der Waals surface area contributed by atoms with E-state index in [4.69, 9.17) is 17.3 Å². The first kappa shape index (κ1) is 14.9. The summed E-state index contributed by atoms with van der Waals surface area (Å²) in [7, 11) is 0. The molecule has 3 N–H and O–H groups in total. The molecule has 0 bridgehead atoms. The zero-order valence-electron chi connectivity index (χ0n) is 11.6. The lowest BCUT2D eigenvalue weighted by Crippen LogP contribution is -2.33. The standard InChI is InChI=1S/C16H21ClN2O/c17-14-9-7-12(11-15(14)18)8-10-16(20)19-13-5-3-1-2-4-6-13/h7-11,13H,1-6,18H2,(H,19,20)/b10-8+. The van der Waals surface area contributed by atoms with Gasteiger partial charge in [0.15, 0.2) is 0 Å². The van der Waals surface area contributed by atoms with E-state index in [0.717, 1.165) is 18.4 Å². The van der Waals surface area contributed by atoms with Gasteiger partial charge in [-0.2, -0.15) is 0 Å². The van der Waals surface area contributed by atoms with Gasteiger partial charge in [-0.3, -0.25) is 4.79 Å². The average Bonchev–Trinajstić information content (AvgIpc) is 2.69. The number of amides is 1.